The molecule has 1 aromatic heterocycles. The third kappa shape index (κ3) is 6.53. The Balaban J connectivity index is 1.86. The van der Waals surface area contributed by atoms with Crippen LogP contribution in [0.2, 0.25) is 0 Å². The van der Waals surface area contributed by atoms with Crippen molar-refractivity contribution < 1.29 is 28.5 Å². The number of carbonyl (C=O) groups excluding carboxylic acids is 2. The summed E-state index contributed by atoms with van der Waals surface area (Å²) < 4.78 is 20.8. The van der Waals surface area contributed by atoms with E-state index in [2.05, 4.69) is 15.6 Å². The minimum atomic E-state index is -0.566. The standard InChI is InChI=1S/C19H25N3O6S/c1-5-28-19(24)22-18-21-13(11-29-18)10-16(23)20-7-6-12-8-14(25-2)17(27-4)15(9-12)26-3/h8-9,11H,5-7,10H2,1-4H3,(H,20,23)(H,21,22,24). The smallest absolute Gasteiger partial charge is 0.413 e. The molecule has 0 aliphatic carbocycles. The predicted octanol–water partition coefficient (Wildman–Crippen LogP) is 2.64. The van der Waals surface area contributed by atoms with E-state index in [9.17, 15) is 9.59 Å². The summed E-state index contributed by atoms with van der Waals surface area (Å²) in [5, 5.41) is 7.48. The van der Waals surface area contributed by atoms with Gasteiger partial charge in [0.25, 0.3) is 0 Å². The van der Waals surface area contributed by atoms with Gasteiger partial charge in [-0.3, -0.25) is 10.1 Å². The molecule has 0 unspecified atom stereocenters. The average Bonchev–Trinajstić information content (AvgIpc) is 3.13. The van der Waals surface area contributed by atoms with Gasteiger partial charge in [-0.2, -0.15) is 0 Å². The number of aromatic nitrogens is 1. The van der Waals surface area contributed by atoms with Crippen molar-refractivity contribution in [1.82, 2.24) is 10.3 Å². The predicted molar refractivity (Wildman–Crippen MR) is 109 cm³/mol. The van der Waals surface area contributed by atoms with Crippen molar-refractivity contribution in [2.75, 3.05) is 39.8 Å². The Labute approximate surface area is 173 Å². The fourth-order valence-corrected chi connectivity index (χ4v) is 3.25. The highest BCUT2D eigenvalue weighted by Gasteiger charge is 2.14. The molecule has 158 valence electrons. The van der Waals surface area contributed by atoms with Crippen LogP contribution in [0.3, 0.4) is 0 Å². The van der Waals surface area contributed by atoms with E-state index in [0.717, 1.165) is 5.56 Å². The number of nitrogens with one attached hydrogen (secondary N) is 2. The topological polar surface area (TPSA) is 108 Å². The van der Waals surface area contributed by atoms with Crippen LogP contribution in [-0.2, 0) is 22.4 Å². The number of nitrogens with zero attached hydrogens (tertiary/aromatic N) is 1. The van der Waals surface area contributed by atoms with Crippen molar-refractivity contribution in [3.63, 3.8) is 0 Å². The number of ether oxygens (including phenoxy) is 4. The van der Waals surface area contributed by atoms with Crippen molar-refractivity contribution in [3.8, 4) is 17.2 Å². The molecule has 0 spiro atoms. The molecular weight excluding hydrogens is 398 g/mol. The third-order valence-corrected chi connectivity index (χ3v) is 4.64. The summed E-state index contributed by atoms with van der Waals surface area (Å²) >= 11 is 1.24. The molecule has 2 N–H and O–H groups in total. The maximum atomic E-state index is 12.2. The fourth-order valence-electron chi connectivity index (χ4n) is 2.55. The van der Waals surface area contributed by atoms with Gasteiger partial charge in [-0.1, -0.05) is 0 Å². The first-order chi connectivity index (χ1) is 14.0. The van der Waals surface area contributed by atoms with Crippen LogP contribution in [0.5, 0.6) is 17.2 Å². The summed E-state index contributed by atoms with van der Waals surface area (Å²) in [6.07, 6.45) is 0.147. The van der Waals surface area contributed by atoms with Gasteiger partial charge in [0.1, 0.15) is 0 Å². The molecule has 0 radical (unpaired) electrons. The number of methoxy groups -OCH3 is 3. The second-order valence-corrected chi connectivity index (χ2v) is 6.66. The van der Waals surface area contributed by atoms with Crippen LogP contribution < -0.4 is 24.8 Å². The lowest BCUT2D eigenvalue weighted by Gasteiger charge is -2.14. The Kier molecular flexibility index (Phi) is 8.53. The number of benzene rings is 1. The summed E-state index contributed by atoms with van der Waals surface area (Å²) in [4.78, 5) is 27.7. The van der Waals surface area contributed by atoms with Crippen LogP contribution >= 0.6 is 11.3 Å². The monoisotopic (exact) mass is 423 g/mol. The van der Waals surface area contributed by atoms with E-state index in [1.165, 1.54) is 11.3 Å². The molecule has 2 rings (SSSR count). The van der Waals surface area contributed by atoms with E-state index in [-0.39, 0.29) is 18.9 Å². The number of hydrogen-bond donors (Lipinski definition) is 2. The molecule has 9 nitrogen and oxygen atoms in total. The zero-order valence-electron chi connectivity index (χ0n) is 16.9. The summed E-state index contributed by atoms with van der Waals surface area (Å²) in [5.41, 5.74) is 1.52. The average molecular weight is 423 g/mol. The molecule has 0 saturated heterocycles. The van der Waals surface area contributed by atoms with Gasteiger partial charge < -0.3 is 24.3 Å². The molecule has 0 fully saturated rings. The van der Waals surface area contributed by atoms with Crippen molar-refractivity contribution in [2.45, 2.75) is 19.8 Å². The lowest BCUT2D eigenvalue weighted by Crippen LogP contribution is -2.27. The van der Waals surface area contributed by atoms with E-state index < -0.39 is 6.09 Å². The molecular formula is C19H25N3O6S. The minimum Gasteiger partial charge on any atom is -0.493 e. The molecule has 0 bridgehead atoms. The number of hydrogen-bond acceptors (Lipinski definition) is 8. The number of thiazole rings is 1. The summed E-state index contributed by atoms with van der Waals surface area (Å²) in [7, 11) is 4.66. The second kappa shape index (κ2) is 11.1. The first kappa shape index (κ1) is 22.3. The van der Waals surface area contributed by atoms with E-state index >= 15 is 0 Å². The van der Waals surface area contributed by atoms with E-state index in [1.54, 1.807) is 33.6 Å². The minimum absolute atomic E-state index is 0.121. The van der Waals surface area contributed by atoms with Crippen LogP contribution in [0, 0.1) is 0 Å². The normalized spacial score (nSPS) is 10.2. The number of amides is 2. The molecule has 2 amide bonds. The first-order valence-electron chi connectivity index (χ1n) is 8.94. The van der Waals surface area contributed by atoms with Crippen LogP contribution in [0.25, 0.3) is 0 Å². The van der Waals surface area contributed by atoms with Gasteiger partial charge in [0.05, 0.1) is 40.1 Å². The number of anilines is 1. The lowest BCUT2D eigenvalue weighted by molar-refractivity contribution is -0.120. The quantitative estimate of drug-likeness (QED) is 0.605. The maximum absolute atomic E-state index is 12.2. The van der Waals surface area contributed by atoms with Gasteiger partial charge in [0.2, 0.25) is 11.7 Å². The Morgan fingerprint density at radius 1 is 1.10 bits per heavy atom. The molecule has 1 aromatic carbocycles. The van der Waals surface area contributed by atoms with Gasteiger partial charge in [-0.15, -0.1) is 11.3 Å². The zero-order chi connectivity index (χ0) is 21.2. The maximum Gasteiger partial charge on any atom is 0.413 e. The molecule has 0 aliphatic heterocycles. The van der Waals surface area contributed by atoms with Gasteiger partial charge >= 0.3 is 6.09 Å². The molecule has 0 saturated carbocycles. The van der Waals surface area contributed by atoms with Crippen LogP contribution in [0.15, 0.2) is 17.5 Å². The van der Waals surface area contributed by atoms with E-state index in [0.29, 0.717) is 41.0 Å². The summed E-state index contributed by atoms with van der Waals surface area (Å²) in [5.74, 6) is 1.50. The Morgan fingerprint density at radius 3 is 2.38 bits per heavy atom. The first-order valence-corrected chi connectivity index (χ1v) is 9.82. The highest BCUT2D eigenvalue weighted by Crippen LogP contribution is 2.38. The van der Waals surface area contributed by atoms with Gasteiger partial charge in [-0.05, 0) is 31.0 Å². The summed E-state index contributed by atoms with van der Waals surface area (Å²) in [6, 6.07) is 3.70. The molecule has 0 aliphatic rings. The van der Waals surface area contributed by atoms with Crippen LogP contribution in [-0.4, -0.2) is 51.5 Å². The van der Waals surface area contributed by atoms with Crippen LogP contribution in [0.4, 0.5) is 9.93 Å². The molecule has 1 heterocycles. The third-order valence-electron chi connectivity index (χ3n) is 3.84. The van der Waals surface area contributed by atoms with E-state index in [1.807, 2.05) is 12.1 Å². The fraction of sp³-hybridized carbons (Fsp3) is 0.421. The van der Waals surface area contributed by atoms with Crippen molar-refractivity contribution in [1.29, 1.82) is 0 Å². The zero-order valence-corrected chi connectivity index (χ0v) is 17.7. The van der Waals surface area contributed by atoms with Crippen LogP contribution in [0.1, 0.15) is 18.2 Å². The molecule has 10 heteroatoms. The largest absolute Gasteiger partial charge is 0.493 e. The number of carbonyl (C=O) groups is 2. The Hall–Kier alpha value is -3.01. The van der Waals surface area contributed by atoms with Crippen molar-refractivity contribution in [3.05, 3.63) is 28.8 Å². The highest BCUT2D eigenvalue weighted by molar-refractivity contribution is 7.13. The van der Waals surface area contributed by atoms with Gasteiger partial charge in [0.15, 0.2) is 16.6 Å². The van der Waals surface area contributed by atoms with Gasteiger partial charge in [-0.25, -0.2) is 9.78 Å². The lowest BCUT2D eigenvalue weighted by atomic mass is 10.1. The molecule has 0 atom stereocenters. The van der Waals surface area contributed by atoms with E-state index in [4.69, 9.17) is 18.9 Å². The number of rotatable bonds is 10. The molecule has 29 heavy (non-hydrogen) atoms. The van der Waals surface area contributed by atoms with Crippen molar-refractivity contribution >= 4 is 28.5 Å². The second-order valence-electron chi connectivity index (χ2n) is 5.80. The Morgan fingerprint density at radius 2 is 1.79 bits per heavy atom. The highest BCUT2D eigenvalue weighted by atomic mass is 32.1. The SMILES string of the molecule is CCOC(=O)Nc1nc(CC(=O)NCCc2cc(OC)c(OC)c(OC)c2)cs1. The molecule has 2 aromatic rings. The Bertz CT molecular complexity index is 814. The van der Waals surface area contributed by atoms with Crippen molar-refractivity contribution in [2.24, 2.45) is 0 Å². The summed E-state index contributed by atoms with van der Waals surface area (Å²) in [6.45, 7) is 2.43. The van der Waals surface area contributed by atoms with Gasteiger partial charge in [0, 0.05) is 11.9 Å².